The van der Waals surface area contributed by atoms with Gasteiger partial charge in [0.05, 0.1) is 0 Å². The Morgan fingerprint density at radius 2 is 1.66 bits per heavy atom. The first-order valence-electron chi connectivity index (χ1n) is 10.1. The molecule has 0 amide bonds. The van der Waals surface area contributed by atoms with E-state index in [4.69, 9.17) is 0 Å². The van der Waals surface area contributed by atoms with Crippen molar-refractivity contribution in [3.63, 3.8) is 0 Å². The molecule has 0 unspecified atom stereocenters. The minimum atomic E-state index is -3.98. The number of fused-ring (bicyclic) bond motifs is 2. The van der Waals surface area contributed by atoms with E-state index in [-0.39, 0.29) is 24.2 Å². The van der Waals surface area contributed by atoms with Crippen LogP contribution in [-0.2, 0) is 35.7 Å². The largest absolute Gasteiger partial charge is 0.322 e. The first-order chi connectivity index (χ1) is 13.8. The third-order valence-corrected chi connectivity index (χ3v) is 7.93. The number of rotatable bonds is 4. The van der Waals surface area contributed by atoms with Gasteiger partial charge >= 0.3 is 0 Å². The number of hydrogen-bond acceptors (Lipinski definition) is 5. The van der Waals surface area contributed by atoms with E-state index in [0.717, 1.165) is 48.5 Å². The fourth-order valence-corrected chi connectivity index (χ4v) is 5.94. The molecule has 7 nitrogen and oxygen atoms in total. The number of sulfonamides is 1. The SMILES string of the molecule is O=S(=O)(c1nc(Nc2c3c(cc4c2CCC4)CCC3)n[nH]1)N1CCC(F)(F)CC1. The summed E-state index contributed by atoms with van der Waals surface area (Å²) in [5.74, 6) is -2.62. The molecule has 2 aromatic rings. The summed E-state index contributed by atoms with van der Waals surface area (Å²) in [6.07, 6.45) is 5.36. The summed E-state index contributed by atoms with van der Waals surface area (Å²) in [7, 11) is -3.98. The van der Waals surface area contributed by atoms with Crippen LogP contribution in [0.3, 0.4) is 0 Å². The van der Waals surface area contributed by atoms with E-state index in [0.29, 0.717) is 0 Å². The van der Waals surface area contributed by atoms with Crippen LogP contribution in [0, 0.1) is 0 Å². The number of hydrogen-bond donors (Lipinski definition) is 2. The van der Waals surface area contributed by atoms with E-state index in [1.54, 1.807) is 0 Å². The number of benzene rings is 1. The van der Waals surface area contributed by atoms with Crippen molar-refractivity contribution < 1.29 is 17.2 Å². The van der Waals surface area contributed by atoms with Crippen molar-refractivity contribution in [3.05, 3.63) is 28.3 Å². The van der Waals surface area contributed by atoms with Crippen LogP contribution in [0.2, 0.25) is 0 Å². The lowest BCUT2D eigenvalue weighted by molar-refractivity contribution is -0.0412. The topological polar surface area (TPSA) is 91.0 Å². The summed E-state index contributed by atoms with van der Waals surface area (Å²) in [4.78, 5) is 4.14. The van der Waals surface area contributed by atoms with Gasteiger partial charge in [-0.25, -0.2) is 22.3 Å². The van der Waals surface area contributed by atoms with Crippen molar-refractivity contribution in [2.75, 3.05) is 18.4 Å². The van der Waals surface area contributed by atoms with Gasteiger partial charge in [0.25, 0.3) is 21.1 Å². The van der Waals surface area contributed by atoms with E-state index in [1.165, 1.54) is 22.3 Å². The molecule has 0 bridgehead atoms. The Morgan fingerprint density at radius 1 is 1.03 bits per heavy atom. The van der Waals surface area contributed by atoms with E-state index in [1.807, 2.05) is 0 Å². The maximum Gasteiger partial charge on any atom is 0.278 e. The van der Waals surface area contributed by atoms with Gasteiger partial charge < -0.3 is 5.32 Å². The average molecular weight is 423 g/mol. The number of halogens is 2. The van der Waals surface area contributed by atoms with Crippen LogP contribution >= 0.6 is 0 Å². The smallest absolute Gasteiger partial charge is 0.278 e. The fourth-order valence-electron chi connectivity index (χ4n) is 4.67. The second-order valence-corrected chi connectivity index (χ2v) is 9.94. The molecule has 0 spiro atoms. The Kier molecular flexibility index (Phi) is 4.39. The molecule has 2 N–H and O–H groups in total. The van der Waals surface area contributed by atoms with Crippen LogP contribution < -0.4 is 5.32 Å². The third-order valence-electron chi connectivity index (χ3n) is 6.21. The number of nitrogens with zero attached hydrogens (tertiary/aromatic N) is 3. The van der Waals surface area contributed by atoms with Gasteiger partial charge in [-0.1, -0.05) is 6.07 Å². The first kappa shape index (κ1) is 18.9. The molecule has 2 aliphatic carbocycles. The maximum atomic E-state index is 13.4. The van der Waals surface area contributed by atoms with Crippen molar-refractivity contribution in [2.24, 2.45) is 0 Å². The minimum absolute atomic E-state index is 0.195. The molecule has 156 valence electrons. The lowest BCUT2D eigenvalue weighted by atomic mass is 9.99. The van der Waals surface area contributed by atoms with Gasteiger partial charge in [-0.05, 0) is 60.8 Å². The second-order valence-electron chi connectivity index (χ2n) is 8.08. The number of nitrogens with one attached hydrogen (secondary N) is 2. The van der Waals surface area contributed by atoms with Crippen LogP contribution in [0.15, 0.2) is 11.2 Å². The molecular weight excluding hydrogens is 400 g/mol. The highest BCUT2D eigenvalue weighted by molar-refractivity contribution is 7.88. The molecule has 2 heterocycles. The van der Waals surface area contributed by atoms with Crippen LogP contribution in [-0.4, -0.2) is 46.9 Å². The molecule has 5 rings (SSSR count). The zero-order valence-corrected chi connectivity index (χ0v) is 16.8. The predicted octanol–water partition coefficient (Wildman–Crippen LogP) is 2.95. The molecule has 1 fully saturated rings. The quantitative estimate of drug-likeness (QED) is 0.789. The Bertz CT molecular complexity index is 1020. The van der Waals surface area contributed by atoms with Crippen molar-refractivity contribution in [2.45, 2.75) is 62.4 Å². The summed E-state index contributed by atoms with van der Waals surface area (Å²) >= 11 is 0. The fraction of sp³-hybridized carbons (Fsp3) is 0.579. The van der Waals surface area contributed by atoms with E-state index >= 15 is 0 Å². The summed E-state index contributed by atoms with van der Waals surface area (Å²) in [6.45, 7) is -0.447. The average Bonchev–Trinajstić information content (AvgIpc) is 3.41. The number of alkyl halides is 2. The zero-order chi connectivity index (χ0) is 20.2. The molecule has 1 aliphatic heterocycles. The van der Waals surface area contributed by atoms with Gasteiger partial charge in [-0.3, -0.25) is 0 Å². The van der Waals surface area contributed by atoms with Crippen molar-refractivity contribution >= 4 is 21.7 Å². The summed E-state index contributed by atoms with van der Waals surface area (Å²) in [6, 6.07) is 2.32. The Hall–Kier alpha value is -2.07. The third kappa shape index (κ3) is 3.31. The molecule has 0 atom stereocenters. The Balaban J connectivity index is 1.41. The Morgan fingerprint density at radius 3 is 2.28 bits per heavy atom. The maximum absolute atomic E-state index is 13.4. The molecule has 1 aromatic heterocycles. The number of aryl methyl sites for hydroxylation is 2. The van der Waals surface area contributed by atoms with Gasteiger partial charge in [0.2, 0.25) is 5.95 Å². The molecule has 1 saturated heterocycles. The van der Waals surface area contributed by atoms with Crippen LogP contribution in [0.1, 0.15) is 47.9 Å². The van der Waals surface area contributed by atoms with Gasteiger partial charge in [-0.15, -0.1) is 5.10 Å². The molecule has 29 heavy (non-hydrogen) atoms. The summed E-state index contributed by atoms with van der Waals surface area (Å²) in [5, 5.41) is 9.48. The van der Waals surface area contributed by atoms with E-state index in [9.17, 15) is 17.2 Å². The standard InChI is InChI=1S/C19H23F2N5O2S/c20-19(21)7-9-26(10-8-19)29(27,28)18-23-17(24-25-18)22-16-14-5-1-3-12(14)11-13-4-2-6-15(13)16/h11H,1-10H2,(H2,22,23,24,25). The van der Waals surface area contributed by atoms with Crippen molar-refractivity contribution in [1.29, 1.82) is 0 Å². The van der Waals surface area contributed by atoms with Gasteiger partial charge in [0.15, 0.2) is 0 Å². The zero-order valence-electron chi connectivity index (χ0n) is 16.0. The number of piperidine rings is 1. The lowest BCUT2D eigenvalue weighted by Crippen LogP contribution is -2.42. The molecule has 0 radical (unpaired) electrons. The van der Waals surface area contributed by atoms with Crippen molar-refractivity contribution in [1.82, 2.24) is 19.5 Å². The molecule has 1 aromatic carbocycles. The van der Waals surface area contributed by atoms with Crippen LogP contribution in [0.4, 0.5) is 20.4 Å². The number of aromatic amines is 1. The van der Waals surface area contributed by atoms with Gasteiger partial charge in [0.1, 0.15) is 0 Å². The molecular formula is C19H23F2N5O2S. The number of aromatic nitrogens is 3. The summed E-state index contributed by atoms with van der Waals surface area (Å²) in [5.41, 5.74) is 6.28. The highest BCUT2D eigenvalue weighted by atomic mass is 32.2. The lowest BCUT2D eigenvalue weighted by Gasteiger charge is -2.29. The van der Waals surface area contributed by atoms with E-state index < -0.39 is 28.8 Å². The summed E-state index contributed by atoms with van der Waals surface area (Å²) < 4.78 is 53.3. The van der Waals surface area contributed by atoms with Gasteiger partial charge in [0, 0.05) is 31.6 Å². The van der Waals surface area contributed by atoms with E-state index in [2.05, 4.69) is 26.6 Å². The highest BCUT2D eigenvalue weighted by Crippen LogP contribution is 2.39. The van der Waals surface area contributed by atoms with Crippen LogP contribution in [0.5, 0.6) is 0 Å². The molecule has 0 saturated carbocycles. The monoisotopic (exact) mass is 423 g/mol. The molecule has 3 aliphatic rings. The highest BCUT2D eigenvalue weighted by Gasteiger charge is 2.39. The van der Waals surface area contributed by atoms with Crippen LogP contribution in [0.25, 0.3) is 0 Å². The normalized spacial score (nSPS) is 21.2. The Labute approximate surface area is 168 Å². The molecule has 10 heteroatoms. The number of anilines is 2. The predicted molar refractivity (Wildman–Crippen MR) is 103 cm³/mol. The first-order valence-corrected chi connectivity index (χ1v) is 11.5. The van der Waals surface area contributed by atoms with Gasteiger partial charge in [-0.2, -0.15) is 9.29 Å². The number of H-pyrrole nitrogens is 1. The minimum Gasteiger partial charge on any atom is -0.322 e. The second kappa shape index (κ2) is 6.73. The van der Waals surface area contributed by atoms with Crippen molar-refractivity contribution in [3.8, 4) is 0 Å².